The zero-order chi connectivity index (χ0) is 41.1. The lowest BCUT2D eigenvalue weighted by molar-refractivity contribution is 0.0926. The first kappa shape index (κ1) is 34.4. The molecule has 13 rings (SSSR count). The summed E-state index contributed by atoms with van der Waals surface area (Å²) in [5.74, 6) is -0.705. The Morgan fingerprint density at radius 3 is 1.19 bits per heavy atom. The molecule has 290 valence electrons. The van der Waals surface area contributed by atoms with Gasteiger partial charge in [0.15, 0.2) is 0 Å². The molecule has 0 saturated heterocycles. The van der Waals surface area contributed by atoms with Crippen LogP contribution in [0.4, 0.5) is 5.69 Å². The van der Waals surface area contributed by atoms with Crippen molar-refractivity contribution in [2.45, 2.75) is 0 Å². The smallest absolute Gasteiger partial charge is 0.268 e. The molecule has 0 bridgehead atoms. The molecular weight excluding hydrogens is 761 g/mol. The van der Waals surface area contributed by atoms with E-state index in [4.69, 9.17) is 0 Å². The highest BCUT2D eigenvalue weighted by Gasteiger charge is 2.41. The van der Waals surface area contributed by atoms with Gasteiger partial charge in [-0.05, 0) is 60.2 Å². The van der Waals surface area contributed by atoms with Crippen LogP contribution in [0, 0.1) is 0 Å². The summed E-state index contributed by atoms with van der Waals surface area (Å²) in [6.07, 6.45) is 0. The summed E-state index contributed by atoms with van der Waals surface area (Å²) < 4.78 is 6.96. The Morgan fingerprint density at radius 2 is 0.661 bits per heavy atom. The Kier molecular flexibility index (Phi) is 7.22. The number of carbonyl (C=O) groups excluding carboxylic acids is 2. The summed E-state index contributed by atoms with van der Waals surface area (Å²) in [6, 6.07) is 70.4. The van der Waals surface area contributed by atoms with Gasteiger partial charge in [0.2, 0.25) is 0 Å². The normalized spacial score (nSPS) is 12.9. The average Bonchev–Trinajstić information content (AvgIpc) is 4.04. The quantitative estimate of drug-likeness (QED) is 0.163. The second-order valence-corrected chi connectivity index (χ2v) is 16.0. The van der Waals surface area contributed by atoms with Crippen molar-refractivity contribution in [3.63, 3.8) is 0 Å². The average molecular weight is 795 g/mol. The maximum atomic E-state index is 15.4. The molecule has 9 aromatic carbocycles. The van der Waals surface area contributed by atoms with Crippen LogP contribution in [-0.4, -0.2) is 25.5 Å². The van der Waals surface area contributed by atoms with E-state index in [2.05, 4.69) is 147 Å². The van der Waals surface area contributed by atoms with Crippen LogP contribution in [0.5, 0.6) is 0 Å². The van der Waals surface area contributed by atoms with E-state index in [9.17, 15) is 4.79 Å². The van der Waals surface area contributed by atoms with Gasteiger partial charge in [-0.3, -0.25) is 9.59 Å². The van der Waals surface area contributed by atoms with Gasteiger partial charge in [0.1, 0.15) is 0 Å². The Morgan fingerprint density at radius 1 is 0.274 bits per heavy atom. The van der Waals surface area contributed by atoms with E-state index in [0.29, 0.717) is 22.5 Å². The highest BCUT2D eigenvalue weighted by atomic mass is 16.2. The van der Waals surface area contributed by atoms with E-state index < -0.39 is 0 Å². The number of nitrogens with zero attached hydrogens (tertiary/aromatic N) is 4. The van der Waals surface area contributed by atoms with Crippen LogP contribution in [0.1, 0.15) is 20.7 Å². The third-order valence-electron chi connectivity index (χ3n) is 12.8. The number of para-hydroxylation sites is 7. The van der Waals surface area contributed by atoms with Crippen molar-refractivity contribution in [1.29, 1.82) is 0 Å². The minimum atomic E-state index is -0.359. The van der Waals surface area contributed by atoms with Crippen molar-refractivity contribution in [3.05, 3.63) is 217 Å². The van der Waals surface area contributed by atoms with E-state index >= 15 is 4.79 Å². The fraction of sp³-hybridized carbons (Fsp3) is 0. The number of benzene rings is 9. The van der Waals surface area contributed by atoms with Crippen molar-refractivity contribution >= 4 is 82.9 Å². The van der Waals surface area contributed by atoms with E-state index in [1.54, 1.807) is 6.07 Å². The van der Waals surface area contributed by atoms with Gasteiger partial charge in [0, 0.05) is 37.9 Å². The van der Waals surface area contributed by atoms with Crippen LogP contribution in [0.2, 0.25) is 0 Å². The number of anilines is 1. The molecule has 0 fully saturated rings. The van der Waals surface area contributed by atoms with Gasteiger partial charge < -0.3 is 13.7 Å². The van der Waals surface area contributed by atoms with Gasteiger partial charge in [-0.2, -0.15) is 0 Å². The molecule has 1 aliphatic heterocycles. The number of fused-ring (bicyclic) bond motifs is 10. The molecule has 0 aliphatic carbocycles. The van der Waals surface area contributed by atoms with Crippen molar-refractivity contribution in [3.8, 4) is 28.2 Å². The molecule has 0 spiro atoms. The van der Waals surface area contributed by atoms with Crippen LogP contribution in [0.15, 0.2) is 206 Å². The summed E-state index contributed by atoms with van der Waals surface area (Å²) in [7, 11) is 0. The van der Waals surface area contributed by atoms with Crippen molar-refractivity contribution in [2.75, 3.05) is 4.90 Å². The summed E-state index contributed by atoms with van der Waals surface area (Å²) in [5.41, 5.74) is 11.8. The molecule has 0 saturated carbocycles. The summed E-state index contributed by atoms with van der Waals surface area (Å²) in [6.45, 7) is 0. The summed E-state index contributed by atoms with van der Waals surface area (Å²) >= 11 is 0. The number of aromatic nitrogens is 3. The monoisotopic (exact) mass is 794 g/mol. The SMILES string of the molecule is O=C1c2cccc(-n3c4c(-n5c6ccccc6c6ccccc65)cccc4c4cccc(-n5c6ccccc6c6ccccc65)c43)c2C(=O)N1c1ccccc1-c1ccccc1. The minimum absolute atomic E-state index is 0.346. The second-order valence-electron chi connectivity index (χ2n) is 16.0. The van der Waals surface area contributed by atoms with E-state index in [-0.39, 0.29) is 11.8 Å². The minimum Gasteiger partial charge on any atom is -0.307 e. The van der Waals surface area contributed by atoms with Gasteiger partial charge >= 0.3 is 0 Å². The fourth-order valence-corrected chi connectivity index (χ4v) is 10.2. The standard InChI is InChI=1S/C56H34N4O2/c61-55-43-26-16-32-49(52(43)56(62)60(55)44-27-9-4-19-36(44)35-17-2-1-3-18-35)59-53-41(24-14-33-50(53)57-45-28-10-5-20-37(45)38-21-6-11-29-46(38)57)42-25-15-34-51(54(42)59)58-47-30-12-7-22-39(47)40-23-8-13-31-48(40)58/h1-34H. The third kappa shape index (κ3) is 4.63. The highest BCUT2D eigenvalue weighted by Crippen LogP contribution is 2.45. The van der Waals surface area contributed by atoms with Gasteiger partial charge in [0.05, 0.1) is 67.0 Å². The van der Waals surface area contributed by atoms with Gasteiger partial charge in [-0.1, -0.05) is 152 Å². The van der Waals surface area contributed by atoms with Crippen molar-refractivity contribution in [1.82, 2.24) is 13.7 Å². The largest absolute Gasteiger partial charge is 0.307 e. The first-order valence-corrected chi connectivity index (χ1v) is 20.9. The van der Waals surface area contributed by atoms with Crippen LogP contribution in [0.3, 0.4) is 0 Å². The number of hydrogen-bond donors (Lipinski definition) is 0. The molecule has 12 aromatic rings. The highest BCUT2D eigenvalue weighted by molar-refractivity contribution is 6.36. The molecule has 0 N–H and O–H groups in total. The molecule has 1 aliphatic rings. The first-order chi connectivity index (χ1) is 30.7. The van der Waals surface area contributed by atoms with E-state index in [1.165, 1.54) is 4.90 Å². The van der Waals surface area contributed by atoms with Gasteiger partial charge in [-0.15, -0.1) is 0 Å². The zero-order valence-corrected chi connectivity index (χ0v) is 33.2. The second kappa shape index (κ2) is 13.0. The first-order valence-electron chi connectivity index (χ1n) is 20.9. The number of imide groups is 1. The lowest BCUT2D eigenvalue weighted by Gasteiger charge is -2.19. The molecule has 0 unspecified atom stereocenters. The maximum absolute atomic E-state index is 15.4. The lowest BCUT2D eigenvalue weighted by Crippen LogP contribution is -2.30. The molecule has 2 amide bonds. The van der Waals surface area contributed by atoms with Crippen molar-refractivity contribution in [2.24, 2.45) is 0 Å². The predicted molar refractivity (Wildman–Crippen MR) is 252 cm³/mol. The van der Waals surface area contributed by atoms with Crippen LogP contribution < -0.4 is 4.90 Å². The molecule has 3 aromatic heterocycles. The molecule has 4 heterocycles. The third-order valence-corrected chi connectivity index (χ3v) is 12.8. The molecular formula is C56H34N4O2. The van der Waals surface area contributed by atoms with E-state index in [0.717, 1.165) is 87.9 Å². The fourth-order valence-electron chi connectivity index (χ4n) is 10.2. The number of rotatable bonds is 5. The topological polar surface area (TPSA) is 52.2 Å². The molecule has 62 heavy (non-hydrogen) atoms. The lowest BCUT2D eigenvalue weighted by atomic mass is 10.0. The molecule has 0 radical (unpaired) electrons. The molecule has 0 atom stereocenters. The van der Waals surface area contributed by atoms with Gasteiger partial charge in [-0.25, -0.2) is 4.90 Å². The van der Waals surface area contributed by atoms with E-state index in [1.807, 2.05) is 66.7 Å². The Bertz CT molecular complexity index is 3590. The van der Waals surface area contributed by atoms with Crippen LogP contribution >= 0.6 is 0 Å². The Labute approximate surface area is 355 Å². The molecule has 6 nitrogen and oxygen atoms in total. The summed E-state index contributed by atoms with van der Waals surface area (Å²) in [5, 5.41) is 6.68. The number of carbonyl (C=O) groups is 2. The molecule has 6 heteroatoms. The predicted octanol–water partition coefficient (Wildman–Crippen LogP) is 13.4. The zero-order valence-electron chi connectivity index (χ0n) is 33.2. The van der Waals surface area contributed by atoms with Crippen LogP contribution in [0.25, 0.3) is 93.6 Å². The van der Waals surface area contributed by atoms with Gasteiger partial charge in [0.25, 0.3) is 11.8 Å². The number of amides is 2. The maximum Gasteiger partial charge on any atom is 0.268 e. The Balaban J connectivity index is 1.17. The van der Waals surface area contributed by atoms with Crippen LogP contribution in [-0.2, 0) is 0 Å². The van der Waals surface area contributed by atoms with Crippen molar-refractivity contribution < 1.29 is 9.59 Å². The summed E-state index contributed by atoms with van der Waals surface area (Å²) in [4.78, 5) is 31.6. The number of hydrogen-bond acceptors (Lipinski definition) is 2. The Hall–Kier alpha value is -8.48.